The van der Waals surface area contributed by atoms with E-state index in [0.29, 0.717) is 19.8 Å². The van der Waals surface area contributed by atoms with Gasteiger partial charge in [-0.05, 0) is 6.42 Å². The second-order valence-corrected chi connectivity index (χ2v) is 3.66. The first kappa shape index (κ1) is 13.1. The Morgan fingerprint density at radius 3 is 2.88 bits per heavy atom. The van der Waals surface area contributed by atoms with Crippen molar-refractivity contribution >= 4 is 0 Å². The molecule has 1 atom stereocenters. The molecule has 0 radical (unpaired) electrons. The van der Waals surface area contributed by atoms with Crippen LogP contribution in [0.25, 0.3) is 0 Å². The fourth-order valence-electron chi connectivity index (χ4n) is 1.32. The first-order chi connectivity index (χ1) is 7.74. The van der Waals surface area contributed by atoms with E-state index in [9.17, 15) is 0 Å². The van der Waals surface area contributed by atoms with Crippen LogP contribution in [0.3, 0.4) is 0 Å². The molecule has 1 aromatic rings. The average Bonchev–Trinajstić information content (AvgIpc) is 2.64. The van der Waals surface area contributed by atoms with Crippen LogP contribution in [0.1, 0.15) is 12.2 Å². The van der Waals surface area contributed by atoms with Gasteiger partial charge in [-0.1, -0.05) is 0 Å². The number of rotatable bonds is 8. The summed E-state index contributed by atoms with van der Waals surface area (Å²) in [6.07, 6.45) is 3.08. The monoisotopic (exact) mass is 228 g/mol. The van der Waals surface area contributed by atoms with E-state index in [1.54, 1.807) is 11.8 Å². The van der Waals surface area contributed by atoms with Crippen LogP contribution in [0.5, 0.6) is 0 Å². The van der Waals surface area contributed by atoms with Crippen molar-refractivity contribution in [2.45, 2.75) is 18.9 Å². The predicted octanol–water partition coefficient (Wildman–Crippen LogP) is -0.262. The molecule has 6 heteroatoms. The molecule has 0 aliphatic rings. The number of nitrogens with zero attached hydrogens (tertiary/aromatic N) is 3. The number of hydrogen-bond donors (Lipinski definition) is 1. The van der Waals surface area contributed by atoms with Crippen molar-refractivity contribution < 1.29 is 9.47 Å². The molecule has 0 bridgehead atoms. The Hall–Kier alpha value is -0.980. The lowest BCUT2D eigenvalue weighted by Gasteiger charge is -2.10. The Labute approximate surface area is 95.7 Å². The molecule has 1 heterocycles. The van der Waals surface area contributed by atoms with Crippen molar-refractivity contribution in [2.75, 3.05) is 26.9 Å². The molecule has 0 fully saturated rings. The fraction of sp³-hybridized carbons (Fsp3) is 0.800. The van der Waals surface area contributed by atoms with E-state index >= 15 is 0 Å². The molecule has 0 aliphatic heterocycles. The summed E-state index contributed by atoms with van der Waals surface area (Å²) < 4.78 is 12.0. The smallest absolute Gasteiger partial charge is 0.138 e. The van der Waals surface area contributed by atoms with Crippen molar-refractivity contribution in [2.24, 2.45) is 12.8 Å². The summed E-state index contributed by atoms with van der Waals surface area (Å²) in [6, 6.07) is 0.0606. The van der Waals surface area contributed by atoms with E-state index in [0.717, 1.165) is 18.7 Å². The van der Waals surface area contributed by atoms with Gasteiger partial charge in [0.2, 0.25) is 0 Å². The van der Waals surface area contributed by atoms with E-state index in [-0.39, 0.29) is 6.04 Å². The first-order valence-electron chi connectivity index (χ1n) is 5.39. The summed E-state index contributed by atoms with van der Waals surface area (Å²) in [6.45, 7) is 1.90. The molecular weight excluding hydrogens is 208 g/mol. The van der Waals surface area contributed by atoms with Gasteiger partial charge in [0.15, 0.2) is 0 Å². The maximum atomic E-state index is 5.96. The van der Waals surface area contributed by atoms with Gasteiger partial charge in [-0.15, -0.1) is 0 Å². The number of nitrogens with two attached hydrogens (primary N) is 1. The van der Waals surface area contributed by atoms with E-state index in [4.69, 9.17) is 15.2 Å². The lowest BCUT2D eigenvalue weighted by Crippen LogP contribution is -2.26. The predicted molar refractivity (Wildman–Crippen MR) is 60.0 cm³/mol. The number of aromatic nitrogens is 3. The Morgan fingerprint density at radius 2 is 2.25 bits per heavy atom. The maximum Gasteiger partial charge on any atom is 0.138 e. The fourth-order valence-corrected chi connectivity index (χ4v) is 1.32. The van der Waals surface area contributed by atoms with Crippen LogP contribution in [0.4, 0.5) is 0 Å². The van der Waals surface area contributed by atoms with Gasteiger partial charge < -0.3 is 15.2 Å². The molecule has 0 aromatic carbocycles. The summed E-state index contributed by atoms with van der Waals surface area (Å²) in [5, 5.41) is 3.99. The van der Waals surface area contributed by atoms with Crippen molar-refractivity contribution in [3.63, 3.8) is 0 Å². The summed E-state index contributed by atoms with van der Waals surface area (Å²) in [4.78, 5) is 4.12. The van der Waals surface area contributed by atoms with Crippen molar-refractivity contribution in [1.29, 1.82) is 0 Å². The third kappa shape index (κ3) is 4.69. The van der Waals surface area contributed by atoms with E-state index in [1.807, 2.05) is 7.05 Å². The minimum absolute atomic E-state index is 0.0606. The van der Waals surface area contributed by atoms with Gasteiger partial charge in [0.1, 0.15) is 12.2 Å². The molecule has 92 valence electrons. The molecule has 2 N–H and O–H groups in total. The molecule has 1 aromatic heterocycles. The van der Waals surface area contributed by atoms with E-state index in [2.05, 4.69) is 10.1 Å². The summed E-state index contributed by atoms with van der Waals surface area (Å²) in [5.41, 5.74) is 5.96. The number of ether oxygens (including phenoxy) is 2. The van der Waals surface area contributed by atoms with Crippen LogP contribution < -0.4 is 5.73 Å². The summed E-state index contributed by atoms with van der Waals surface area (Å²) in [7, 11) is 3.52. The lowest BCUT2D eigenvalue weighted by molar-refractivity contribution is 0.0671. The molecule has 0 spiro atoms. The zero-order valence-corrected chi connectivity index (χ0v) is 9.93. The highest BCUT2D eigenvalue weighted by molar-refractivity contribution is 4.87. The first-order valence-corrected chi connectivity index (χ1v) is 5.39. The average molecular weight is 228 g/mol. The standard InChI is InChI=1S/C10H20N4O2/c1-14-10(12-8-13-14)7-9(11)3-4-16-6-5-15-2/h8-9H,3-7,11H2,1-2H3. The van der Waals surface area contributed by atoms with Crippen molar-refractivity contribution in [3.05, 3.63) is 12.2 Å². The van der Waals surface area contributed by atoms with Gasteiger partial charge in [-0.2, -0.15) is 5.10 Å². The van der Waals surface area contributed by atoms with Crippen LogP contribution in [-0.2, 0) is 22.9 Å². The normalized spacial score (nSPS) is 12.9. The van der Waals surface area contributed by atoms with Crippen molar-refractivity contribution in [3.8, 4) is 0 Å². The van der Waals surface area contributed by atoms with Crippen LogP contribution in [0.15, 0.2) is 6.33 Å². The number of methoxy groups -OCH3 is 1. The molecule has 16 heavy (non-hydrogen) atoms. The second-order valence-electron chi connectivity index (χ2n) is 3.66. The largest absolute Gasteiger partial charge is 0.382 e. The topological polar surface area (TPSA) is 75.2 Å². The quantitative estimate of drug-likeness (QED) is 0.620. The molecule has 6 nitrogen and oxygen atoms in total. The SMILES string of the molecule is COCCOCCC(N)Cc1ncnn1C. The van der Waals surface area contributed by atoms with Crippen molar-refractivity contribution in [1.82, 2.24) is 14.8 Å². The number of aryl methyl sites for hydroxylation is 1. The highest BCUT2D eigenvalue weighted by atomic mass is 16.5. The zero-order valence-electron chi connectivity index (χ0n) is 9.93. The molecule has 0 saturated heterocycles. The highest BCUT2D eigenvalue weighted by Crippen LogP contribution is 1.99. The summed E-state index contributed by atoms with van der Waals surface area (Å²) >= 11 is 0. The minimum Gasteiger partial charge on any atom is -0.382 e. The summed E-state index contributed by atoms with van der Waals surface area (Å²) in [5.74, 6) is 0.907. The Balaban J connectivity index is 2.11. The van der Waals surface area contributed by atoms with E-state index < -0.39 is 0 Å². The highest BCUT2D eigenvalue weighted by Gasteiger charge is 2.08. The molecule has 0 amide bonds. The second kappa shape index (κ2) is 7.32. The van der Waals surface area contributed by atoms with Gasteiger partial charge in [-0.25, -0.2) is 4.98 Å². The van der Waals surface area contributed by atoms with Gasteiger partial charge in [0, 0.05) is 33.2 Å². The molecule has 1 rings (SSSR count). The van der Waals surface area contributed by atoms with Crippen LogP contribution in [-0.4, -0.2) is 47.7 Å². The Bertz CT molecular complexity index is 290. The van der Waals surface area contributed by atoms with Gasteiger partial charge in [-0.3, -0.25) is 4.68 Å². The van der Waals surface area contributed by atoms with Crippen LogP contribution >= 0.6 is 0 Å². The lowest BCUT2D eigenvalue weighted by atomic mass is 10.1. The van der Waals surface area contributed by atoms with Gasteiger partial charge in [0.05, 0.1) is 13.2 Å². The third-order valence-electron chi connectivity index (χ3n) is 2.31. The Kier molecular flexibility index (Phi) is 5.99. The van der Waals surface area contributed by atoms with Crippen LogP contribution in [0, 0.1) is 0 Å². The van der Waals surface area contributed by atoms with E-state index in [1.165, 1.54) is 6.33 Å². The Morgan fingerprint density at radius 1 is 1.44 bits per heavy atom. The number of hydrogen-bond acceptors (Lipinski definition) is 5. The molecule has 1 unspecified atom stereocenters. The van der Waals surface area contributed by atoms with Crippen LogP contribution in [0.2, 0.25) is 0 Å². The van der Waals surface area contributed by atoms with Gasteiger partial charge in [0.25, 0.3) is 0 Å². The molecular formula is C10H20N4O2. The minimum atomic E-state index is 0.0606. The zero-order chi connectivity index (χ0) is 11.8. The third-order valence-corrected chi connectivity index (χ3v) is 2.31. The maximum absolute atomic E-state index is 5.96. The molecule has 0 saturated carbocycles. The molecule has 0 aliphatic carbocycles. The van der Waals surface area contributed by atoms with Gasteiger partial charge >= 0.3 is 0 Å².